The molecule has 20 heavy (non-hydrogen) atoms. The van der Waals surface area contributed by atoms with E-state index in [-0.39, 0.29) is 5.91 Å². The number of likely N-dealkylation sites (tertiary alicyclic amines) is 1. The molecule has 4 nitrogen and oxygen atoms in total. The van der Waals surface area contributed by atoms with Crippen molar-refractivity contribution in [1.82, 2.24) is 4.90 Å². The molecule has 1 aromatic carbocycles. The summed E-state index contributed by atoms with van der Waals surface area (Å²) in [5.74, 6) is 0.316. The van der Waals surface area contributed by atoms with Gasteiger partial charge in [0.15, 0.2) is 0 Å². The highest BCUT2D eigenvalue weighted by Gasteiger charge is 2.33. The molecular weight excluding hydrogens is 274 g/mol. The van der Waals surface area contributed by atoms with Crippen LogP contribution >= 0.6 is 11.8 Å². The van der Waals surface area contributed by atoms with Gasteiger partial charge in [-0.05, 0) is 30.6 Å². The van der Waals surface area contributed by atoms with Crippen molar-refractivity contribution in [3.05, 3.63) is 35.9 Å². The van der Waals surface area contributed by atoms with Gasteiger partial charge in [-0.2, -0.15) is 11.8 Å². The maximum atomic E-state index is 12.0. The van der Waals surface area contributed by atoms with E-state index < -0.39 is 12.0 Å². The van der Waals surface area contributed by atoms with E-state index in [1.165, 1.54) is 10.5 Å². The summed E-state index contributed by atoms with van der Waals surface area (Å²) in [5, 5.41) is 9.05. The molecule has 1 aromatic rings. The number of benzene rings is 1. The van der Waals surface area contributed by atoms with Crippen molar-refractivity contribution in [2.75, 3.05) is 18.1 Å². The second-order valence-electron chi connectivity index (χ2n) is 4.87. The summed E-state index contributed by atoms with van der Waals surface area (Å²) < 4.78 is 0. The number of hydrogen-bond acceptors (Lipinski definition) is 3. The van der Waals surface area contributed by atoms with Gasteiger partial charge in [-0.1, -0.05) is 30.3 Å². The lowest BCUT2D eigenvalue weighted by Gasteiger charge is -2.21. The predicted octanol–water partition coefficient (Wildman–Crippen LogP) is 2.04. The lowest BCUT2D eigenvalue weighted by atomic mass is 10.2. The molecule has 0 unspecified atom stereocenters. The van der Waals surface area contributed by atoms with E-state index in [9.17, 15) is 9.59 Å². The van der Waals surface area contributed by atoms with Crippen molar-refractivity contribution < 1.29 is 14.7 Å². The number of carbonyl (C=O) groups is 2. The Bertz CT molecular complexity index is 463. The number of hydrogen-bond donors (Lipinski definition) is 1. The molecule has 0 aliphatic carbocycles. The minimum atomic E-state index is -0.884. The van der Waals surface area contributed by atoms with Crippen LogP contribution in [0.3, 0.4) is 0 Å². The quantitative estimate of drug-likeness (QED) is 0.815. The Morgan fingerprint density at radius 3 is 2.75 bits per heavy atom. The van der Waals surface area contributed by atoms with Crippen molar-refractivity contribution in [1.29, 1.82) is 0 Å². The Kier molecular flexibility index (Phi) is 5.47. The van der Waals surface area contributed by atoms with Crippen LogP contribution in [0.15, 0.2) is 30.3 Å². The molecule has 1 aliphatic heterocycles. The van der Waals surface area contributed by atoms with Gasteiger partial charge in [-0.25, -0.2) is 4.79 Å². The SMILES string of the molecule is O=C(O)[C@@H]1CCCN1C(=O)CSCCc1ccccc1. The van der Waals surface area contributed by atoms with E-state index in [0.717, 1.165) is 18.6 Å². The predicted molar refractivity (Wildman–Crippen MR) is 79.8 cm³/mol. The maximum absolute atomic E-state index is 12.0. The first-order chi connectivity index (χ1) is 9.68. The van der Waals surface area contributed by atoms with Crippen LogP contribution in [0.4, 0.5) is 0 Å². The summed E-state index contributed by atoms with van der Waals surface area (Å²) in [5.41, 5.74) is 1.26. The molecule has 0 radical (unpaired) electrons. The Balaban J connectivity index is 1.71. The van der Waals surface area contributed by atoms with Crippen LogP contribution < -0.4 is 0 Å². The monoisotopic (exact) mass is 293 g/mol. The van der Waals surface area contributed by atoms with Crippen LogP contribution in [0.25, 0.3) is 0 Å². The third-order valence-electron chi connectivity index (χ3n) is 3.46. The molecule has 0 aromatic heterocycles. The van der Waals surface area contributed by atoms with E-state index >= 15 is 0 Å². The molecular formula is C15H19NO3S. The molecule has 1 atom stereocenters. The highest BCUT2D eigenvalue weighted by atomic mass is 32.2. The second kappa shape index (κ2) is 7.33. The van der Waals surface area contributed by atoms with Crippen LogP contribution in [0, 0.1) is 0 Å². The van der Waals surface area contributed by atoms with Crippen molar-refractivity contribution in [3.8, 4) is 0 Å². The molecule has 0 saturated carbocycles. The molecule has 1 saturated heterocycles. The molecule has 0 bridgehead atoms. The Labute approximate surface area is 123 Å². The second-order valence-corrected chi connectivity index (χ2v) is 5.98. The molecule has 108 valence electrons. The number of nitrogens with zero attached hydrogens (tertiary/aromatic N) is 1. The van der Waals surface area contributed by atoms with Crippen LogP contribution in [0.2, 0.25) is 0 Å². The number of carboxylic acids is 1. The Hall–Kier alpha value is -1.49. The summed E-state index contributed by atoms with van der Waals surface area (Å²) >= 11 is 1.57. The van der Waals surface area contributed by atoms with Crippen molar-refractivity contribution in [3.63, 3.8) is 0 Å². The third kappa shape index (κ3) is 4.00. The summed E-state index contributed by atoms with van der Waals surface area (Å²) in [6, 6.07) is 9.53. The summed E-state index contributed by atoms with van der Waals surface area (Å²) in [6.07, 6.45) is 2.30. The van der Waals surface area contributed by atoms with E-state index in [1.54, 1.807) is 11.8 Å². The number of carboxylic acid groups (broad SMARTS) is 1. The molecule has 2 rings (SSSR count). The molecule has 1 N–H and O–H groups in total. The zero-order valence-electron chi connectivity index (χ0n) is 11.3. The Morgan fingerprint density at radius 2 is 2.05 bits per heavy atom. The smallest absolute Gasteiger partial charge is 0.326 e. The number of thioether (sulfide) groups is 1. The van der Waals surface area contributed by atoms with Crippen LogP contribution in [0.1, 0.15) is 18.4 Å². The van der Waals surface area contributed by atoms with E-state index in [0.29, 0.717) is 18.7 Å². The highest BCUT2D eigenvalue weighted by molar-refractivity contribution is 7.99. The van der Waals surface area contributed by atoms with Crippen LogP contribution in [-0.2, 0) is 16.0 Å². The van der Waals surface area contributed by atoms with Crippen molar-refractivity contribution in [2.24, 2.45) is 0 Å². The fourth-order valence-electron chi connectivity index (χ4n) is 2.40. The van der Waals surface area contributed by atoms with E-state index in [1.807, 2.05) is 18.2 Å². The van der Waals surface area contributed by atoms with Gasteiger partial charge >= 0.3 is 5.97 Å². The number of rotatable bonds is 6. The minimum Gasteiger partial charge on any atom is -0.480 e. The van der Waals surface area contributed by atoms with Gasteiger partial charge in [0.1, 0.15) is 6.04 Å². The van der Waals surface area contributed by atoms with Gasteiger partial charge in [-0.3, -0.25) is 4.79 Å². The van der Waals surface area contributed by atoms with Gasteiger partial charge < -0.3 is 10.0 Å². The number of amides is 1. The molecule has 5 heteroatoms. The zero-order valence-corrected chi connectivity index (χ0v) is 12.1. The lowest BCUT2D eigenvalue weighted by Crippen LogP contribution is -2.41. The average molecular weight is 293 g/mol. The standard InChI is InChI=1S/C15H19NO3S/c17-14(16-9-4-7-13(16)15(18)19)11-20-10-8-12-5-2-1-3-6-12/h1-3,5-6,13H,4,7-11H2,(H,18,19)/t13-/m0/s1. The first-order valence-corrected chi connectivity index (χ1v) is 7.98. The fraction of sp³-hybridized carbons (Fsp3) is 0.467. The third-order valence-corrected chi connectivity index (χ3v) is 4.41. The van der Waals surface area contributed by atoms with Crippen LogP contribution in [0.5, 0.6) is 0 Å². The maximum Gasteiger partial charge on any atom is 0.326 e. The molecule has 1 heterocycles. The molecule has 1 amide bonds. The number of aryl methyl sites for hydroxylation is 1. The van der Waals surface area contributed by atoms with Gasteiger partial charge in [0, 0.05) is 6.54 Å². The topological polar surface area (TPSA) is 57.6 Å². The first-order valence-electron chi connectivity index (χ1n) is 6.82. The fourth-order valence-corrected chi connectivity index (χ4v) is 3.26. The van der Waals surface area contributed by atoms with E-state index in [4.69, 9.17) is 5.11 Å². The summed E-state index contributed by atoms with van der Waals surface area (Å²) in [7, 11) is 0. The number of aliphatic carboxylic acids is 1. The largest absolute Gasteiger partial charge is 0.480 e. The van der Waals surface area contributed by atoms with Gasteiger partial charge in [0.05, 0.1) is 5.75 Å². The normalized spacial score (nSPS) is 18.2. The van der Waals surface area contributed by atoms with E-state index in [2.05, 4.69) is 12.1 Å². The Morgan fingerprint density at radius 1 is 1.30 bits per heavy atom. The molecule has 1 aliphatic rings. The van der Waals surface area contributed by atoms with Crippen LogP contribution in [-0.4, -0.2) is 46.0 Å². The highest BCUT2D eigenvalue weighted by Crippen LogP contribution is 2.19. The summed E-state index contributed by atoms with van der Waals surface area (Å²) in [6.45, 7) is 0.578. The van der Waals surface area contributed by atoms with Crippen molar-refractivity contribution >= 4 is 23.6 Å². The first kappa shape index (κ1) is 14.9. The summed E-state index contributed by atoms with van der Waals surface area (Å²) in [4.78, 5) is 24.6. The van der Waals surface area contributed by atoms with Crippen molar-refractivity contribution in [2.45, 2.75) is 25.3 Å². The minimum absolute atomic E-state index is 0.0482. The molecule has 0 spiro atoms. The number of carbonyl (C=O) groups excluding carboxylic acids is 1. The average Bonchev–Trinajstić information content (AvgIpc) is 2.94. The molecule has 1 fully saturated rings. The van der Waals surface area contributed by atoms with Gasteiger partial charge in [0.25, 0.3) is 0 Å². The lowest BCUT2D eigenvalue weighted by molar-refractivity contribution is -0.147. The van der Waals surface area contributed by atoms with Gasteiger partial charge in [-0.15, -0.1) is 0 Å². The van der Waals surface area contributed by atoms with Gasteiger partial charge in [0.2, 0.25) is 5.91 Å². The zero-order chi connectivity index (χ0) is 14.4.